The van der Waals surface area contributed by atoms with Gasteiger partial charge >= 0.3 is 0 Å². The summed E-state index contributed by atoms with van der Waals surface area (Å²) in [5, 5.41) is 2.90. The Hall–Kier alpha value is -1.90. The number of anilines is 1. The first-order chi connectivity index (χ1) is 7.38. The van der Waals surface area contributed by atoms with E-state index in [0.717, 1.165) is 12.0 Å². The zero-order valence-corrected chi connectivity index (χ0v) is 8.64. The van der Waals surface area contributed by atoms with Crippen LogP contribution in [0, 0.1) is 0 Å². The second-order valence-electron chi connectivity index (χ2n) is 3.33. The largest absolute Gasteiger partial charge is 0.357 e. The van der Waals surface area contributed by atoms with Gasteiger partial charge in [-0.25, -0.2) is 9.97 Å². The smallest absolute Gasteiger partial charge is 0.222 e. The predicted octanol–water partition coefficient (Wildman–Crippen LogP) is 2.11. The molecule has 0 atom stereocenters. The molecule has 0 bridgehead atoms. The SMILES string of the molecule is CNc1ncc(Cc2ccccc2)cn1. The summed E-state index contributed by atoms with van der Waals surface area (Å²) in [7, 11) is 1.81. The fraction of sp³-hybridized carbons (Fsp3) is 0.167. The van der Waals surface area contributed by atoms with E-state index in [1.165, 1.54) is 5.56 Å². The van der Waals surface area contributed by atoms with E-state index in [4.69, 9.17) is 0 Å². The number of benzene rings is 1. The average Bonchev–Trinajstić information content (AvgIpc) is 2.31. The first kappa shape index (κ1) is 9.65. The van der Waals surface area contributed by atoms with Crippen molar-refractivity contribution in [2.24, 2.45) is 0 Å². The molecule has 0 saturated carbocycles. The molecule has 1 aromatic heterocycles. The van der Waals surface area contributed by atoms with Gasteiger partial charge in [0.2, 0.25) is 5.95 Å². The molecule has 0 spiro atoms. The number of hydrogen-bond acceptors (Lipinski definition) is 3. The van der Waals surface area contributed by atoms with Crippen LogP contribution in [0.25, 0.3) is 0 Å². The summed E-state index contributed by atoms with van der Waals surface area (Å²) in [6, 6.07) is 10.3. The minimum Gasteiger partial charge on any atom is -0.357 e. The van der Waals surface area contributed by atoms with Crippen LogP contribution in [0.3, 0.4) is 0 Å². The molecule has 0 aliphatic carbocycles. The molecular formula is C12H13N3. The first-order valence-electron chi connectivity index (χ1n) is 4.91. The fourth-order valence-electron chi connectivity index (χ4n) is 1.41. The van der Waals surface area contributed by atoms with Crippen molar-refractivity contribution < 1.29 is 0 Å². The molecule has 0 aliphatic heterocycles. The van der Waals surface area contributed by atoms with Crippen molar-refractivity contribution in [3.05, 3.63) is 53.9 Å². The van der Waals surface area contributed by atoms with Crippen LogP contribution in [0.1, 0.15) is 11.1 Å². The molecule has 15 heavy (non-hydrogen) atoms. The molecule has 0 aliphatic rings. The highest BCUT2D eigenvalue weighted by Gasteiger charge is 1.97. The molecule has 1 heterocycles. The number of hydrogen-bond donors (Lipinski definition) is 1. The summed E-state index contributed by atoms with van der Waals surface area (Å²) in [6.07, 6.45) is 4.59. The van der Waals surface area contributed by atoms with Crippen LogP contribution in [-0.2, 0) is 6.42 Å². The Kier molecular flexibility index (Phi) is 2.93. The van der Waals surface area contributed by atoms with Crippen LogP contribution in [0.15, 0.2) is 42.7 Å². The highest BCUT2D eigenvalue weighted by atomic mass is 15.1. The highest BCUT2D eigenvalue weighted by molar-refractivity contribution is 5.27. The Labute approximate surface area is 89.2 Å². The zero-order valence-electron chi connectivity index (χ0n) is 8.64. The van der Waals surface area contributed by atoms with Crippen molar-refractivity contribution in [1.29, 1.82) is 0 Å². The van der Waals surface area contributed by atoms with Gasteiger partial charge in [-0.3, -0.25) is 0 Å². The third-order valence-corrected chi connectivity index (χ3v) is 2.18. The van der Waals surface area contributed by atoms with Crippen molar-refractivity contribution in [2.45, 2.75) is 6.42 Å². The molecule has 2 aromatic rings. The van der Waals surface area contributed by atoms with Gasteiger partial charge in [0.05, 0.1) is 0 Å². The van der Waals surface area contributed by atoms with Gasteiger partial charge in [0.1, 0.15) is 0 Å². The monoisotopic (exact) mass is 199 g/mol. The van der Waals surface area contributed by atoms with E-state index in [1.807, 2.05) is 37.6 Å². The summed E-state index contributed by atoms with van der Waals surface area (Å²) >= 11 is 0. The maximum absolute atomic E-state index is 4.17. The van der Waals surface area contributed by atoms with Crippen molar-refractivity contribution in [3.63, 3.8) is 0 Å². The van der Waals surface area contributed by atoms with Crippen LogP contribution in [0.2, 0.25) is 0 Å². The molecule has 2 rings (SSSR count). The van der Waals surface area contributed by atoms with Gasteiger partial charge in [0.15, 0.2) is 0 Å². The number of nitrogens with one attached hydrogen (secondary N) is 1. The average molecular weight is 199 g/mol. The second kappa shape index (κ2) is 4.55. The lowest BCUT2D eigenvalue weighted by atomic mass is 10.1. The Morgan fingerprint density at radius 2 is 1.67 bits per heavy atom. The lowest BCUT2D eigenvalue weighted by Gasteiger charge is -2.02. The van der Waals surface area contributed by atoms with E-state index in [9.17, 15) is 0 Å². The fourth-order valence-corrected chi connectivity index (χ4v) is 1.41. The molecule has 1 N–H and O–H groups in total. The summed E-state index contributed by atoms with van der Waals surface area (Å²) in [6.45, 7) is 0. The van der Waals surface area contributed by atoms with Crippen LogP contribution < -0.4 is 5.32 Å². The number of rotatable bonds is 3. The van der Waals surface area contributed by atoms with Gasteiger partial charge in [-0.05, 0) is 11.1 Å². The predicted molar refractivity (Wildman–Crippen MR) is 60.8 cm³/mol. The molecule has 0 saturated heterocycles. The summed E-state index contributed by atoms with van der Waals surface area (Å²) in [4.78, 5) is 8.34. The minimum atomic E-state index is 0.659. The van der Waals surface area contributed by atoms with Crippen molar-refractivity contribution in [3.8, 4) is 0 Å². The second-order valence-corrected chi connectivity index (χ2v) is 3.33. The van der Waals surface area contributed by atoms with Gasteiger partial charge in [-0.15, -0.1) is 0 Å². The van der Waals surface area contributed by atoms with Gasteiger partial charge in [-0.2, -0.15) is 0 Å². The van der Waals surface area contributed by atoms with E-state index in [2.05, 4.69) is 27.4 Å². The lowest BCUT2D eigenvalue weighted by molar-refractivity contribution is 1.07. The minimum absolute atomic E-state index is 0.659. The van der Waals surface area contributed by atoms with Gasteiger partial charge in [-0.1, -0.05) is 30.3 Å². The Morgan fingerprint density at radius 3 is 2.27 bits per heavy atom. The summed E-state index contributed by atoms with van der Waals surface area (Å²) < 4.78 is 0. The van der Waals surface area contributed by atoms with Crippen molar-refractivity contribution in [2.75, 3.05) is 12.4 Å². The zero-order chi connectivity index (χ0) is 10.5. The van der Waals surface area contributed by atoms with Crippen molar-refractivity contribution in [1.82, 2.24) is 9.97 Å². The molecule has 0 radical (unpaired) electrons. The van der Waals surface area contributed by atoms with Gasteiger partial charge in [0.25, 0.3) is 0 Å². The molecule has 0 unspecified atom stereocenters. The van der Waals surface area contributed by atoms with E-state index >= 15 is 0 Å². The molecular weight excluding hydrogens is 186 g/mol. The lowest BCUT2D eigenvalue weighted by Crippen LogP contribution is -1.97. The van der Waals surface area contributed by atoms with E-state index in [1.54, 1.807) is 0 Å². The van der Waals surface area contributed by atoms with Crippen LogP contribution in [0.4, 0.5) is 5.95 Å². The third kappa shape index (κ3) is 2.53. The molecule has 76 valence electrons. The highest BCUT2D eigenvalue weighted by Crippen LogP contribution is 2.07. The molecule has 3 heteroatoms. The quantitative estimate of drug-likeness (QED) is 0.822. The summed E-state index contributed by atoms with van der Waals surface area (Å²) in [5.74, 6) is 0.659. The molecule has 0 amide bonds. The normalized spacial score (nSPS) is 9.93. The van der Waals surface area contributed by atoms with E-state index in [-0.39, 0.29) is 0 Å². The van der Waals surface area contributed by atoms with E-state index < -0.39 is 0 Å². The topological polar surface area (TPSA) is 37.8 Å². The maximum Gasteiger partial charge on any atom is 0.222 e. The molecule has 3 nitrogen and oxygen atoms in total. The Bertz CT molecular complexity index is 409. The molecule has 1 aromatic carbocycles. The third-order valence-electron chi connectivity index (χ3n) is 2.18. The first-order valence-corrected chi connectivity index (χ1v) is 4.91. The molecule has 0 fully saturated rings. The summed E-state index contributed by atoms with van der Waals surface area (Å²) in [5.41, 5.74) is 2.40. The number of aromatic nitrogens is 2. The van der Waals surface area contributed by atoms with E-state index in [0.29, 0.717) is 5.95 Å². The maximum atomic E-state index is 4.17. The Morgan fingerprint density at radius 1 is 1.00 bits per heavy atom. The van der Waals surface area contributed by atoms with Crippen LogP contribution in [-0.4, -0.2) is 17.0 Å². The van der Waals surface area contributed by atoms with Crippen molar-refractivity contribution >= 4 is 5.95 Å². The van der Waals surface area contributed by atoms with Crippen LogP contribution >= 0.6 is 0 Å². The Balaban J connectivity index is 2.11. The van der Waals surface area contributed by atoms with Gasteiger partial charge in [0, 0.05) is 25.9 Å². The standard InChI is InChI=1S/C12H13N3/c1-13-12-14-8-11(9-15-12)7-10-5-3-2-4-6-10/h2-6,8-9H,7H2,1H3,(H,13,14,15). The number of nitrogens with zero attached hydrogens (tertiary/aromatic N) is 2. The van der Waals surface area contributed by atoms with Gasteiger partial charge < -0.3 is 5.32 Å². The van der Waals surface area contributed by atoms with Crippen LogP contribution in [0.5, 0.6) is 0 Å².